The SMILES string of the molecule is COCCCCOc1c(CCl)cccc1OC. The Bertz CT molecular complexity index is 306. The van der Waals surface area contributed by atoms with E-state index in [9.17, 15) is 0 Å². The molecule has 1 aromatic carbocycles. The molecule has 0 aromatic heterocycles. The predicted octanol–water partition coefficient (Wildman–Crippen LogP) is 3.24. The summed E-state index contributed by atoms with van der Waals surface area (Å²) in [4.78, 5) is 0. The lowest BCUT2D eigenvalue weighted by Crippen LogP contribution is -2.03. The Balaban J connectivity index is 2.55. The molecule has 3 nitrogen and oxygen atoms in total. The van der Waals surface area contributed by atoms with E-state index >= 15 is 0 Å². The first kappa shape index (κ1) is 14.1. The van der Waals surface area contributed by atoms with E-state index in [0.29, 0.717) is 12.5 Å². The van der Waals surface area contributed by atoms with Crippen molar-refractivity contribution in [3.63, 3.8) is 0 Å². The van der Waals surface area contributed by atoms with Gasteiger partial charge in [0.15, 0.2) is 11.5 Å². The first-order chi connectivity index (χ1) is 8.33. The van der Waals surface area contributed by atoms with E-state index in [1.165, 1.54) is 0 Å². The molecule has 1 aromatic rings. The number of hydrogen-bond donors (Lipinski definition) is 0. The number of ether oxygens (including phenoxy) is 3. The van der Waals surface area contributed by atoms with Crippen molar-refractivity contribution >= 4 is 11.6 Å². The van der Waals surface area contributed by atoms with Crippen molar-refractivity contribution in [2.24, 2.45) is 0 Å². The Morgan fingerprint density at radius 3 is 2.53 bits per heavy atom. The van der Waals surface area contributed by atoms with Gasteiger partial charge in [0, 0.05) is 19.3 Å². The fourth-order valence-electron chi connectivity index (χ4n) is 1.51. The molecule has 0 N–H and O–H groups in total. The Morgan fingerprint density at radius 2 is 1.88 bits per heavy atom. The van der Waals surface area contributed by atoms with Crippen molar-refractivity contribution < 1.29 is 14.2 Å². The molecular formula is C13H19ClO3. The number of hydrogen-bond acceptors (Lipinski definition) is 3. The van der Waals surface area contributed by atoms with E-state index in [2.05, 4.69) is 0 Å². The predicted molar refractivity (Wildman–Crippen MR) is 69.2 cm³/mol. The molecule has 0 bridgehead atoms. The number of benzene rings is 1. The Labute approximate surface area is 108 Å². The third-order valence-electron chi connectivity index (χ3n) is 2.41. The molecular weight excluding hydrogens is 240 g/mol. The Kier molecular flexibility index (Phi) is 6.82. The van der Waals surface area contributed by atoms with Gasteiger partial charge in [-0.3, -0.25) is 0 Å². The standard InChI is InChI=1S/C13H19ClO3/c1-15-8-3-4-9-17-13-11(10-14)6-5-7-12(13)16-2/h5-7H,3-4,8-10H2,1-2H3. The highest BCUT2D eigenvalue weighted by Crippen LogP contribution is 2.32. The minimum Gasteiger partial charge on any atom is -0.493 e. The number of halogens is 1. The van der Waals surface area contributed by atoms with Gasteiger partial charge in [-0.25, -0.2) is 0 Å². The molecule has 0 aliphatic heterocycles. The first-order valence-corrected chi connectivity index (χ1v) is 6.20. The second-order valence-electron chi connectivity index (χ2n) is 3.63. The molecule has 4 heteroatoms. The molecule has 0 fully saturated rings. The maximum atomic E-state index is 5.87. The van der Waals surface area contributed by atoms with E-state index < -0.39 is 0 Å². The summed E-state index contributed by atoms with van der Waals surface area (Å²) in [5.41, 5.74) is 0.956. The van der Waals surface area contributed by atoms with Crippen molar-refractivity contribution in [3.05, 3.63) is 23.8 Å². The first-order valence-electron chi connectivity index (χ1n) is 5.67. The molecule has 17 heavy (non-hydrogen) atoms. The highest BCUT2D eigenvalue weighted by atomic mass is 35.5. The molecule has 0 aliphatic rings. The minimum atomic E-state index is 0.421. The average Bonchev–Trinajstić information content (AvgIpc) is 2.38. The molecule has 0 heterocycles. The number of unbranched alkanes of at least 4 members (excludes halogenated alkanes) is 1. The Hall–Kier alpha value is -0.930. The van der Waals surface area contributed by atoms with Gasteiger partial charge in [0.25, 0.3) is 0 Å². The Morgan fingerprint density at radius 1 is 1.12 bits per heavy atom. The molecule has 1 rings (SSSR count). The van der Waals surface area contributed by atoms with Crippen LogP contribution in [0.5, 0.6) is 11.5 Å². The molecule has 0 saturated carbocycles. The third-order valence-corrected chi connectivity index (χ3v) is 2.70. The zero-order chi connectivity index (χ0) is 12.5. The number of methoxy groups -OCH3 is 2. The topological polar surface area (TPSA) is 27.7 Å². The second kappa shape index (κ2) is 8.20. The van der Waals surface area contributed by atoms with Crippen molar-refractivity contribution in [3.8, 4) is 11.5 Å². The summed E-state index contributed by atoms with van der Waals surface area (Å²) in [6, 6.07) is 5.73. The van der Waals surface area contributed by atoms with Crippen LogP contribution in [-0.4, -0.2) is 27.4 Å². The number of alkyl halides is 1. The van der Waals surface area contributed by atoms with Crippen molar-refractivity contribution in [2.45, 2.75) is 18.7 Å². The molecule has 96 valence electrons. The van der Waals surface area contributed by atoms with Crippen LogP contribution in [0.4, 0.5) is 0 Å². The smallest absolute Gasteiger partial charge is 0.165 e. The lowest BCUT2D eigenvalue weighted by molar-refractivity contribution is 0.183. The highest BCUT2D eigenvalue weighted by molar-refractivity contribution is 6.17. The van der Waals surface area contributed by atoms with Gasteiger partial charge in [0.2, 0.25) is 0 Å². The zero-order valence-corrected chi connectivity index (χ0v) is 11.1. The summed E-state index contributed by atoms with van der Waals surface area (Å²) in [6.07, 6.45) is 1.94. The summed E-state index contributed by atoms with van der Waals surface area (Å²) < 4.78 is 16.0. The van der Waals surface area contributed by atoms with Gasteiger partial charge in [0.05, 0.1) is 19.6 Å². The van der Waals surface area contributed by atoms with Crippen LogP contribution in [0.3, 0.4) is 0 Å². The molecule has 0 radical (unpaired) electrons. The summed E-state index contributed by atoms with van der Waals surface area (Å²) >= 11 is 5.87. The molecule has 0 saturated heterocycles. The third kappa shape index (κ3) is 4.44. The van der Waals surface area contributed by atoms with Gasteiger partial charge in [-0.05, 0) is 18.9 Å². The summed E-state index contributed by atoms with van der Waals surface area (Å²) in [5, 5.41) is 0. The second-order valence-corrected chi connectivity index (χ2v) is 3.90. The quantitative estimate of drug-likeness (QED) is 0.529. The van der Waals surface area contributed by atoms with Crippen LogP contribution in [0.1, 0.15) is 18.4 Å². The van der Waals surface area contributed by atoms with Gasteiger partial charge in [-0.15, -0.1) is 11.6 Å². The van der Waals surface area contributed by atoms with Crippen LogP contribution in [0.2, 0.25) is 0 Å². The molecule has 0 amide bonds. The zero-order valence-electron chi connectivity index (χ0n) is 10.4. The lowest BCUT2D eigenvalue weighted by atomic mass is 10.2. The largest absolute Gasteiger partial charge is 0.493 e. The molecule has 0 atom stereocenters. The highest BCUT2D eigenvalue weighted by Gasteiger charge is 2.09. The van der Waals surface area contributed by atoms with Crippen LogP contribution in [0.15, 0.2) is 18.2 Å². The molecule has 0 spiro atoms. The lowest BCUT2D eigenvalue weighted by Gasteiger charge is -2.13. The van der Waals surface area contributed by atoms with E-state index in [0.717, 1.165) is 36.5 Å². The van der Waals surface area contributed by atoms with E-state index in [1.54, 1.807) is 14.2 Å². The van der Waals surface area contributed by atoms with Crippen molar-refractivity contribution in [2.75, 3.05) is 27.4 Å². The van der Waals surface area contributed by atoms with Crippen molar-refractivity contribution in [1.29, 1.82) is 0 Å². The van der Waals surface area contributed by atoms with Crippen LogP contribution in [-0.2, 0) is 10.6 Å². The molecule has 0 aliphatic carbocycles. The van der Waals surface area contributed by atoms with Crippen LogP contribution >= 0.6 is 11.6 Å². The van der Waals surface area contributed by atoms with E-state index in [4.69, 9.17) is 25.8 Å². The van der Waals surface area contributed by atoms with E-state index in [-0.39, 0.29) is 0 Å². The average molecular weight is 259 g/mol. The summed E-state index contributed by atoms with van der Waals surface area (Å²) in [6.45, 7) is 1.41. The van der Waals surface area contributed by atoms with Gasteiger partial charge >= 0.3 is 0 Å². The van der Waals surface area contributed by atoms with Gasteiger partial charge in [-0.2, -0.15) is 0 Å². The van der Waals surface area contributed by atoms with Gasteiger partial charge < -0.3 is 14.2 Å². The molecule has 0 unspecified atom stereocenters. The maximum absolute atomic E-state index is 5.87. The number of rotatable bonds is 8. The fourth-order valence-corrected chi connectivity index (χ4v) is 1.72. The van der Waals surface area contributed by atoms with Gasteiger partial charge in [-0.1, -0.05) is 12.1 Å². The van der Waals surface area contributed by atoms with Crippen LogP contribution < -0.4 is 9.47 Å². The van der Waals surface area contributed by atoms with Crippen LogP contribution in [0.25, 0.3) is 0 Å². The summed E-state index contributed by atoms with van der Waals surface area (Å²) in [7, 11) is 3.33. The summed E-state index contributed by atoms with van der Waals surface area (Å²) in [5.74, 6) is 1.90. The monoisotopic (exact) mass is 258 g/mol. The number of para-hydroxylation sites is 1. The minimum absolute atomic E-state index is 0.421. The maximum Gasteiger partial charge on any atom is 0.165 e. The van der Waals surface area contributed by atoms with Gasteiger partial charge in [0.1, 0.15) is 0 Å². The fraction of sp³-hybridized carbons (Fsp3) is 0.538. The normalized spacial score (nSPS) is 10.3. The van der Waals surface area contributed by atoms with Crippen molar-refractivity contribution in [1.82, 2.24) is 0 Å². The van der Waals surface area contributed by atoms with Crippen LogP contribution in [0, 0.1) is 0 Å². The van der Waals surface area contributed by atoms with E-state index in [1.807, 2.05) is 18.2 Å².